The van der Waals surface area contributed by atoms with Gasteiger partial charge in [0.2, 0.25) is 5.95 Å². The number of nitrogens with zero attached hydrogens (tertiary/aromatic N) is 4. The summed E-state index contributed by atoms with van der Waals surface area (Å²) in [5.74, 6) is 1.30. The van der Waals surface area contributed by atoms with Gasteiger partial charge in [-0.15, -0.1) is 0 Å². The third-order valence-corrected chi connectivity index (χ3v) is 4.21. The molecule has 24 heavy (non-hydrogen) atoms. The van der Waals surface area contributed by atoms with Crippen molar-refractivity contribution >= 4 is 23.4 Å². The quantitative estimate of drug-likeness (QED) is 0.936. The topological polar surface area (TPSA) is 61.4 Å². The first-order valence-electron chi connectivity index (χ1n) is 8.22. The lowest BCUT2D eigenvalue weighted by molar-refractivity contribution is 0.102. The number of carbonyl (C=O) groups is 1. The van der Waals surface area contributed by atoms with Gasteiger partial charge in [-0.2, -0.15) is 4.98 Å². The molecule has 1 aromatic carbocycles. The predicted octanol–water partition coefficient (Wildman–Crippen LogP) is 2.70. The van der Waals surface area contributed by atoms with Crippen molar-refractivity contribution < 1.29 is 4.79 Å². The molecule has 0 aliphatic carbocycles. The second-order valence-electron chi connectivity index (χ2n) is 6.26. The molecule has 6 heteroatoms. The molecule has 1 aliphatic heterocycles. The molecule has 1 saturated heterocycles. The van der Waals surface area contributed by atoms with E-state index in [1.165, 1.54) is 12.8 Å². The van der Waals surface area contributed by atoms with E-state index in [1.807, 2.05) is 50.2 Å². The molecule has 2 heterocycles. The summed E-state index contributed by atoms with van der Waals surface area (Å²) in [5, 5.41) is 2.94. The minimum Gasteiger partial charge on any atom is -0.361 e. The van der Waals surface area contributed by atoms with E-state index in [9.17, 15) is 4.79 Å². The van der Waals surface area contributed by atoms with Crippen LogP contribution in [0.4, 0.5) is 17.5 Å². The van der Waals surface area contributed by atoms with Crippen molar-refractivity contribution in [2.24, 2.45) is 0 Å². The molecule has 0 atom stereocenters. The van der Waals surface area contributed by atoms with Gasteiger partial charge in [0.05, 0.1) is 6.20 Å². The minimum absolute atomic E-state index is 0.145. The van der Waals surface area contributed by atoms with Gasteiger partial charge in [-0.3, -0.25) is 4.79 Å². The molecule has 0 radical (unpaired) electrons. The summed E-state index contributed by atoms with van der Waals surface area (Å²) in [4.78, 5) is 25.7. The van der Waals surface area contributed by atoms with E-state index >= 15 is 0 Å². The zero-order valence-electron chi connectivity index (χ0n) is 14.4. The number of hydrogen-bond donors (Lipinski definition) is 1. The van der Waals surface area contributed by atoms with Crippen LogP contribution in [0.5, 0.6) is 0 Å². The molecule has 0 spiro atoms. The maximum atomic E-state index is 12.6. The van der Waals surface area contributed by atoms with Gasteiger partial charge in [-0.05, 0) is 31.4 Å². The zero-order valence-corrected chi connectivity index (χ0v) is 14.4. The molecule has 0 bridgehead atoms. The van der Waals surface area contributed by atoms with E-state index in [4.69, 9.17) is 0 Å². The maximum absolute atomic E-state index is 12.6. The third kappa shape index (κ3) is 3.32. The van der Waals surface area contributed by atoms with Gasteiger partial charge >= 0.3 is 0 Å². The first kappa shape index (κ1) is 16.2. The Morgan fingerprint density at radius 2 is 1.92 bits per heavy atom. The van der Waals surface area contributed by atoms with Gasteiger partial charge in [0.1, 0.15) is 5.69 Å². The van der Waals surface area contributed by atoms with E-state index in [0.29, 0.717) is 17.1 Å². The summed E-state index contributed by atoms with van der Waals surface area (Å²) < 4.78 is 0. The van der Waals surface area contributed by atoms with Crippen molar-refractivity contribution in [3.8, 4) is 0 Å². The van der Waals surface area contributed by atoms with E-state index in [-0.39, 0.29) is 5.91 Å². The summed E-state index contributed by atoms with van der Waals surface area (Å²) in [6, 6.07) is 7.53. The lowest BCUT2D eigenvalue weighted by Crippen LogP contribution is -2.24. The van der Waals surface area contributed by atoms with Gasteiger partial charge in [0.25, 0.3) is 5.91 Å². The fourth-order valence-electron chi connectivity index (χ4n) is 2.88. The predicted molar refractivity (Wildman–Crippen MR) is 96.9 cm³/mol. The monoisotopic (exact) mass is 325 g/mol. The summed E-state index contributed by atoms with van der Waals surface area (Å²) in [7, 11) is 3.83. The Morgan fingerprint density at radius 3 is 2.58 bits per heavy atom. The molecular formula is C18H23N5O. The molecule has 0 unspecified atom stereocenters. The Labute approximate surface area is 142 Å². The van der Waals surface area contributed by atoms with Crippen LogP contribution in [0.25, 0.3) is 0 Å². The number of benzene rings is 1. The average molecular weight is 325 g/mol. The highest BCUT2D eigenvalue weighted by atomic mass is 16.1. The van der Waals surface area contributed by atoms with Crippen LogP contribution < -0.4 is 15.1 Å². The summed E-state index contributed by atoms with van der Waals surface area (Å²) in [5.41, 5.74) is 2.22. The largest absolute Gasteiger partial charge is 0.361 e. The summed E-state index contributed by atoms with van der Waals surface area (Å²) in [6.07, 6.45) is 4.05. The molecule has 1 fully saturated rings. The second-order valence-corrected chi connectivity index (χ2v) is 6.26. The smallest absolute Gasteiger partial charge is 0.256 e. The van der Waals surface area contributed by atoms with E-state index in [1.54, 1.807) is 6.20 Å². The van der Waals surface area contributed by atoms with E-state index < -0.39 is 0 Å². The first-order chi connectivity index (χ1) is 11.6. The van der Waals surface area contributed by atoms with Gasteiger partial charge in [0.15, 0.2) is 5.82 Å². The van der Waals surface area contributed by atoms with Crippen molar-refractivity contribution in [3.05, 3.63) is 41.6 Å². The highest BCUT2D eigenvalue weighted by Gasteiger charge is 2.19. The number of nitrogens with one attached hydrogen (secondary N) is 1. The molecular weight excluding hydrogens is 302 g/mol. The molecule has 6 nitrogen and oxygen atoms in total. The van der Waals surface area contributed by atoms with E-state index in [0.717, 1.165) is 24.6 Å². The van der Waals surface area contributed by atoms with Crippen LogP contribution in [0.2, 0.25) is 0 Å². The fraction of sp³-hybridized carbons (Fsp3) is 0.389. The minimum atomic E-state index is -0.145. The number of aromatic nitrogens is 2. The Bertz CT molecular complexity index is 738. The highest BCUT2D eigenvalue weighted by Crippen LogP contribution is 2.26. The third-order valence-electron chi connectivity index (χ3n) is 4.21. The van der Waals surface area contributed by atoms with Crippen LogP contribution in [0.15, 0.2) is 30.5 Å². The number of anilines is 3. The fourth-order valence-corrected chi connectivity index (χ4v) is 2.88. The normalized spacial score (nSPS) is 13.9. The second kappa shape index (κ2) is 6.86. The Kier molecular flexibility index (Phi) is 4.64. The SMILES string of the molecule is Cc1ccccc1C(=O)Nc1cnc(N2CCCC2)nc1N(C)C. The summed E-state index contributed by atoms with van der Waals surface area (Å²) in [6.45, 7) is 3.90. The van der Waals surface area contributed by atoms with Crippen molar-refractivity contribution in [3.63, 3.8) is 0 Å². The van der Waals surface area contributed by atoms with Crippen molar-refractivity contribution in [2.75, 3.05) is 42.3 Å². The summed E-state index contributed by atoms with van der Waals surface area (Å²) >= 11 is 0. The van der Waals surface area contributed by atoms with Crippen LogP contribution in [-0.2, 0) is 0 Å². The standard InChI is InChI=1S/C18H23N5O/c1-13-8-4-5-9-14(13)17(24)20-15-12-19-18(21-16(15)22(2)3)23-10-6-7-11-23/h4-5,8-9,12H,6-7,10-11H2,1-3H3,(H,20,24). The Morgan fingerprint density at radius 1 is 1.21 bits per heavy atom. The van der Waals surface area contributed by atoms with Gasteiger partial charge in [-0.25, -0.2) is 4.98 Å². The van der Waals surface area contributed by atoms with Crippen LogP contribution in [0, 0.1) is 6.92 Å². The molecule has 126 valence electrons. The average Bonchev–Trinajstić information content (AvgIpc) is 3.09. The van der Waals surface area contributed by atoms with E-state index in [2.05, 4.69) is 20.2 Å². The molecule has 0 saturated carbocycles. The maximum Gasteiger partial charge on any atom is 0.256 e. The highest BCUT2D eigenvalue weighted by molar-refractivity contribution is 6.06. The molecule has 3 rings (SSSR count). The van der Waals surface area contributed by atoms with Crippen LogP contribution in [-0.4, -0.2) is 43.1 Å². The Balaban J connectivity index is 1.87. The molecule has 1 amide bonds. The zero-order chi connectivity index (χ0) is 17.1. The number of carbonyl (C=O) groups excluding carboxylic acids is 1. The van der Waals surface area contributed by atoms with Crippen molar-refractivity contribution in [1.82, 2.24) is 9.97 Å². The van der Waals surface area contributed by atoms with Crippen LogP contribution >= 0.6 is 0 Å². The Hall–Kier alpha value is -2.63. The molecule has 1 aliphatic rings. The number of hydrogen-bond acceptors (Lipinski definition) is 5. The van der Waals surface area contributed by atoms with Crippen molar-refractivity contribution in [2.45, 2.75) is 19.8 Å². The van der Waals surface area contributed by atoms with Gasteiger partial charge < -0.3 is 15.1 Å². The first-order valence-corrected chi connectivity index (χ1v) is 8.22. The van der Waals surface area contributed by atoms with Gasteiger partial charge in [-0.1, -0.05) is 18.2 Å². The lowest BCUT2D eigenvalue weighted by Gasteiger charge is -2.21. The molecule has 1 aromatic heterocycles. The number of rotatable bonds is 4. The number of amides is 1. The molecule has 1 N–H and O–H groups in total. The molecule has 2 aromatic rings. The lowest BCUT2D eigenvalue weighted by atomic mass is 10.1. The van der Waals surface area contributed by atoms with Crippen LogP contribution in [0.1, 0.15) is 28.8 Å². The van der Waals surface area contributed by atoms with Gasteiger partial charge in [0, 0.05) is 32.7 Å². The number of aryl methyl sites for hydroxylation is 1. The van der Waals surface area contributed by atoms with Crippen molar-refractivity contribution in [1.29, 1.82) is 0 Å². The van der Waals surface area contributed by atoms with Crippen LogP contribution in [0.3, 0.4) is 0 Å².